The van der Waals surface area contributed by atoms with Gasteiger partial charge in [-0.1, -0.05) is 48.0 Å². The zero-order valence-electron chi connectivity index (χ0n) is 12.8. The van der Waals surface area contributed by atoms with Gasteiger partial charge in [-0.2, -0.15) is 0 Å². The topological polar surface area (TPSA) is 21.3 Å². The van der Waals surface area contributed by atoms with E-state index in [-0.39, 0.29) is 6.10 Å². The predicted molar refractivity (Wildman–Crippen MR) is 87.9 cm³/mol. The molecule has 1 saturated carbocycles. The summed E-state index contributed by atoms with van der Waals surface area (Å²) in [5, 5.41) is 3.25. The molecule has 0 saturated heterocycles. The van der Waals surface area contributed by atoms with Crippen molar-refractivity contribution in [1.29, 1.82) is 0 Å². The molecule has 0 aromatic heterocycles. The summed E-state index contributed by atoms with van der Waals surface area (Å²) in [5.41, 5.74) is 1.73. The molecule has 1 aromatic rings. The molecular formula is C17H26BrNO. The molecular weight excluding hydrogens is 314 g/mol. The number of ether oxygens (including phenoxy) is 1. The van der Waals surface area contributed by atoms with E-state index in [1.54, 1.807) is 0 Å². The maximum atomic E-state index is 6.40. The largest absolute Gasteiger partial charge is 0.369 e. The van der Waals surface area contributed by atoms with Crippen molar-refractivity contribution < 1.29 is 4.74 Å². The van der Waals surface area contributed by atoms with Crippen LogP contribution in [0.25, 0.3) is 0 Å². The Bertz CT molecular complexity index is 423. The van der Waals surface area contributed by atoms with Gasteiger partial charge in [-0.15, -0.1) is 0 Å². The minimum Gasteiger partial charge on any atom is -0.369 e. The number of hydrogen-bond acceptors (Lipinski definition) is 2. The molecule has 2 rings (SSSR count). The van der Waals surface area contributed by atoms with E-state index in [1.807, 2.05) is 13.1 Å². The summed E-state index contributed by atoms with van der Waals surface area (Å²) in [7, 11) is 1.98. The van der Waals surface area contributed by atoms with Crippen LogP contribution in [0.15, 0.2) is 28.7 Å². The average Bonchev–Trinajstić information content (AvgIpc) is 2.41. The Balaban J connectivity index is 2.02. The second-order valence-corrected chi connectivity index (χ2v) is 7.42. The molecule has 1 N–H and O–H groups in total. The molecule has 20 heavy (non-hydrogen) atoms. The van der Waals surface area contributed by atoms with Crippen molar-refractivity contribution >= 4 is 15.9 Å². The van der Waals surface area contributed by atoms with Crippen LogP contribution in [-0.2, 0) is 4.74 Å². The van der Waals surface area contributed by atoms with Gasteiger partial charge in [-0.05, 0) is 49.8 Å². The van der Waals surface area contributed by atoms with Crippen molar-refractivity contribution in [2.75, 3.05) is 13.6 Å². The first-order valence-electron chi connectivity index (χ1n) is 7.56. The fraction of sp³-hybridized carbons (Fsp3) is 0.647. The molecule has 112 valence electrons. The van der Waals surface area contributed by atoms with Gasteiger partial charge in [0.2, 0.25) is 0 Å². The number of nitrogens with one attached hydrogen (secondary N) is 1. The summed E-state index contributed by atoms with van der Waals surface area (Å²) >= 11 is 3.64. The maximum Gasteiger partial charge on any atom is 0.0963 e. The lowest BCUT2D eigenvalue weighted by molar-refractivity contribution is -0.0457. The van der Waals surface area contributed by atoms with Gasteiger partial charge in [-0.25, -0.2) is 0 Å². The molecule has 1 fully saturated rings. The third-order valence-electron chi connectivity index (χ3n) is 4.28. The molecule has 1 atom stereocenters. The Morgan fingerprint density at radius 1 is 1.30 bits per heavy atom. The Morgan fingerprint density at radius 3 is 2.55 bits per heavy atom. The molecule has 1 aromatic carbocycles. The van der Waals surface area contributed by atoms with Crippen molar-refractivity contribution in [3.8, 4) is 0 Å². The van der Waals surface area contributed by atoms with Crippen LogP contribution in [0.2, 0.25) is 0 Å². The van der Waals surface area contributed by atoms with Crippen LogP contribution in [0.5, 0.6) is 0 Å². The quantitative estimate of drug-likeness (QED) is 0.839. The molecule has 0 bridgehead atoms. The Morgan fingerprint density at radius 2 is 1.95 bits per heavy atom. The molecule has 0 amide bonds. The van der Waals surface area contributed by atoms with Crippen LogP contribution in [-0.4, -0.2) is 19.7 Å². The van der Waals surface area contributed by atoms with Gasteiger partial charge >= 0.3 is 0 Å². The van der Waals surface area contributed by atoms with Crippen LogP contribution >= 0.6 is 15.9 Å². The SMILES string of the molecule is CNCC(OC1CCC(C)(C)CC1)c1ccccc1Br. The molecule has 3 heteroatoms. The molecule has 0 spiro atoms. The Kier molecular flexibility index (Phi) is 5.65. The van der Waals surface area contributed by atoms with Crippen molar-refractivity contribution in [3.05, 3.63) is 34.3 Å². The Labute approximate surface area is 131 Å². The third-order valence-corrected chi connectivity index (χ3v) is 5.01. The number of benzene rings is 1. The van der Waals surface area contributed by atoms with E-state index in [4.69, 9.17) is 4.74 Å². The molecule has 0 aliphatic heterocycles. The lowest BCUT2D eigenvalue weighted by atomic mass is 9.76. The fourth-order valence-electron chi connectivity index (χ4n) is 2.89. The van der Waals surface area contributed by atoms with E-state index in [0.29, 0.717) is 11.5 Å². The average molecular weight is 340 g/mol. The lowest BCUT2D eigenvalue weighted by Crippen LogP contribution is -2.30. The molecule has 0 heterocycles. The highest BCUT2D eigenvalue weighted by Crippen LogP contribution is 2.38. The number of hydrogen-bond donors (Lipinski definition) is 1. The Hall–Kier alpha value is -0.380. The summed E-state index contributed by atoms with van der Waals surface area (Å²) in [4.78, 5) is 0. The van der Waals surface area contributed by atoms with Gasteiger partial charge in [0.15, 0.2) is 0 Å². The predicted octanol–water partition coefficient (Wildman–Crippen LogP) is 4.70. The normalized spacial score (nSPS) is 20.8. The summed E-state index contributed by atoms with van der Waals surface area (Å²) in [6, 6.07) is 8.37. The minimum atomic E-state index is 0.127. The van der Waals surface area contributed by atoms with Crippen LogP contribution in [0.3, 0.4) is 0 Å². The van der Waals surface area contributed by atoms with E-state index in [1.165, 1.54) is 31.2 Å². The highest BCUT2D eigenvalue weighted by Gasteiger charge is 2.29. The van der Waals surface area contributed by atoms with Gasteiger partial charge in [0.05, 0.1) is 12.2 Å². The number of likely N-dealkylation sites (N-methyl/N-ethyl adjacent to an activating group) is 1. The van der Waals surface area contributed by atoms with Gasteiger partial charge in [0, 0.05) is 11.0 Å². The second-order valence-electron chi connectivity index (χ2n) is 6.57. The summed E-state index contributed by atoms with van der Waals surface area (Å²) in [5.74, 6) is 0. The van der Waals surface area contributed by atoms with Gasteiger partial charge in [0.1, 0.15) is 0 Å². The first kappa shape index (κ1) is 16.0. The van der Waals surface area contributed by atoms with E-state index < -0.39 is 0 Å². The van der Waals surface area contributed by atoms with E-state index in [9.17, 15) is 0 Å². The smallest absolute Gasteiger partial charge is 0.0963 e. The highest BCUT2D eigenvalue weighted by molar-refractivity contribution is 9.10. The van der Waals surface area contributed by atoms with E-state index in [0.717, 1.165) is 11.0 Å². The van der Waals surface area contributed by atoms with Crippen molar-refractivity contribution in [2.24, 2.45) is 5.41 Å². The standard InChI is InChI=1S/C17H26BrNO/c1-17(2)10-8-13(9-11-17)20-16(12-19-3)14-6-4-5-7-15(14)18/h4-7,13,16,19H,8-12H2,1-3H3. The van der Waals surface area contributed by atoms with Gasteiger partial charge < -0.3 is 10.1 Å². The zero-order chi connectivity index (χ0) is 14.6. The first-order valence-corrected chi connectivity index (χ1v) is 8.35. The molecule has 0 radical (unpaired) electrons. The van der Waals surface area contributed by atoms with E-state index >= 15 is 0 Å². The summed E-state index contributed by atoms with van der Waals surface area (Å²) in [6.45, 7) is 5.58. The van der Waals surface area contributed by atoms with Crippen LogP contribution in [0.1, 0.15) is 51.2 Å². The van der Waals surface area contributed by atoms with Crippen molar-refractivity contribution in [2.45, 2.75) is 51.7 Å². The van der Waals surface area contributed by atoms with Crippen LogP contribution in [0, 0.1) is 5.41 Å². The fourth-order valence-corrected chi connectivity index (χ4v) is 3.43. The van der Waals surface area contributed by atoms with Gasteiger partial charge in [0.25, 0.3) is 0 Å². The monoisotopic (exact) mass is 339 g/mol. The summed E-state index contributed by atoms with van der Waals surface area (Å²) in [6.07, 6.45) is 5.41. The third kappa shape index (κ3) is 4.31. The molecule has 1 unspecified atom stereocenters. The zero-order valence-corrected chi connectivity index (χ0v) is 14.4. The lowest BCUT2D eigenvalue weighted by Gasteiger charge is -2.36. The second kappa shape index (κ2) is 7.06. The maximum absolute atomic E-state index is 6.40. The minimum absolute atomic E-state index is 0.127. The van der Waals surface area contributed by atoms with Crippen LogP contribution < -0.4 is 5.32 Å². The number of halogens is 1. The summed E-state index contributed by atoms with van der Waals surface area (Å²) < 4.78 is 7.54. The van der Waals surface area contributed by atoms with Crippen molar-refractivity contribution in [3.63, 3.8) is 0 Å². The molecule has 2 nitrogen and oxygen atoms in total. The highest BCUT2D eigenvalue weighted by atomic mass is 79.9. The molecule has 1 aliphatic rings. The van der Waals surface area contributed by atoms with E-state index in [2.05, 4.69) is 53.3 Å². The first-order chi connectivity index (χ1) is 9.52. The van der Waals surface area contributed by atoms with Crippen LogP contribution in [0.4, 0.5) is 0 Å². The van der Waals surface area contributed by atoms with Crippen molar-refractivity contribution in [1.82, 2.24) is 5.32 Å². The number of rotatable bonds is 5. The molecule has 1 aliphatic carbocycles. The van der Waals surface area contributed by atoms with Gasteiger partial charge in [-0.3, -0.25) is 0 Å².